The van der Waals surface area contributed by atoms with Gasteiger partial charge in [0.05, 0.1) is 6.61 Å². The summed E-state index contributed by atoms with van der Waals surface area (Å²) < 4.78 is 5.99. The van der Waals surface area contributed by atoms with Crippen LogP contribution in [0.25, 0.3) is 0 Å². The van der Waals surface area contributed by atoms with Gasteiger partial charge >= 0.3 is 6.01 Å². The normalized spacial score (nSPS) is 25.8. The van der Waals surface area contributed by atoms with E-state index in [1.54, 1.807) is 6.20 Å². The van der Waals surface area contributed by atoms with Gasteiger partial charge in [-0.25, -0.2) is 19.9 Å². The molecule has 1 saturated heterocycles. The monoisotopic (exact) mass is 325 g/mol. The summed E-state index contributed by atoms with van der Waals surface area (Å²) in [5.41, 5.74) is 2.19. The van der Waals surface area contributed by atoms with Crippen molar-refractivity contribution < 1.29 is 4.74 Å². The zero-order valence-electron chi connectivity index (χ0n) is 14.3. The summed E-state index contributed by atoms with van der Waals surface area (Å²) in [4.78, 5) is 19.9. The van der Waals surface area contributed by atoms with Crippen LogP contribution in [0.5, 0.6) is 6.01 Å². The van der Waals surface area contributed by atoms with E-state index in [9.17, 15) is 0 Å². The Hall–Kier alpha value is -2.24. The van der Waals surface area contributed by atoms with Crippen LogP contribution >= 0.6 is 0 Å². The van der Waals surface area contributed by atoms with Crippen LogP contribution in [0.2, 0.25) is 0 Å². The quantitative estimate of drug-likeness (QED) is 0.861. The van der Waals surface area contributed by atoms with Crippen LogP contribution in [0.1, 0.15) is 30.5 Å². The Labute approximate surface area is 142 Å². The molecule has 6 nitrogen and oxygen atoms in total. The maximum Gasteiger partial charge on any atom is 0.316 e. The first-order valence-corrected chi connectivity index (χ1v) is 8.61. The van der Waals surface area contributed by atoms with Crippen molar-refractivity contribution in [2.75, 3.05) is 24.6 Å². The molecule has 24 heavy (non-hydrogen) atoms. The zero-order valence-corrected chi connectivity index (χ0v) is 14.3. The predicted octanol–water partition coefficient (Wildman–Crippen LogP) is 2.57. The number of rotatable bonds is 4. The first-order valence-electron chi connectivity index (χ1n) is 8.61. The maximum absolute atomic E-state index is 5.99. The van der Waals surface area contributed by atoms with Crippen LogP contribution in [-0.4, -0.2) is 39.6 Å². The summed E-state index contributed by atoms with van der Waals surface area (Å²) in [6.45, 7) is 6.61. The average molecular weight is 325 g/mol. The van der Waals surface area contributed by atoms with Gasteiger partial charge in [0, 0.05) is 42.8 Å². The lowest BCUT2D eigenvalue weighted by Crippen LogP contribution is -2.34. The van der Waals surface area contributed by atoms with Crippen LogP contribution in [0, 0.1) is 25.2 Å². The highest BCUT2D eigenvalue weighted by molar-refractivity contribution is 5.34. The van der Waals surface area contributed by atoms with Gasteiger partial charge in [-0.3, -0.25) is 0 Å². The summed E-state index contributed by atoms with van der Waals surface area (Å²) in [6, 6.07) is 2.37. The largest absolute Gasteiger partial charge is 0.463 e. The van der Waals surface area contributed by atoms with E-state index in [2.05, 4.69) is 24.8 Å². The van der Waals surface area contributed by atoms with Crippen molar-refractivity contribution in [3.63, 3.8) is 0 Å². The van der Waals surface area contributed by atoms with Crippen LogP contribution in [0.3, 0.4) is 0 Å². The van der Waals surface area contributed by atoms with E-state index in [0.717, 1.165) is 30.3 Å². The van der Waals surface area contributed by atoms with E-state index in [0.29, 0.717) is 18.5 Å². The second kappa shape index (κ2) is 6.00. The van der Waals surface area contributed by atoms with Gasteiger partial charge < -0.3 is 9.64 Å². The molecule has 6 heteroatoms. The molecule has 2 aromatic heterocycles. The molecule has 1 aliphatic carbocycles. The van der Waals surface area contributed by atoms with Crippen LogP contribution in [0.15, 0.2) is 24.7 Å². The van der Waals surface area contributed by atoms with Crippen LogP contribution in [0.4, 0.5) is 5.95 Å². The lowest BCUT2D eigenvalue weighted by atomic mass is 9.82. The second-order valence-corrected chi connectivity index (χ2v) is 7.16. The third-order valence-corrected chi connectivity index (χ3v) is 5.35. The van der Waals surface area contributed by atoms with Crippen LogP contribution < -0.4 is 9.64 Å². The van der Waals surface area contributed by atoms with Gasteiger partial charge in [0.1, 0.15) is 0 Å². The number of fused-ring (bicyclic) bond motifs is 1. The molecule has 0 spiro atoms. The maximum atomic E-state index is 5.99. The van der Waals surface area contributed by atoms with E-state index in [-0.39, 0.29) is 5.41 Å². The topological polar surface area (TPSA) is 64.0 Å². The Bertz CT molecular complexity index is 720. The second-order valence-electron chi connectivity index (χ2n) is 7.16. The smallest absolute Gasteiger partial charge is 0.316 e. The summed E-state index contributed by atoms with van der Waals surface area (Å²) in [6.07, 6.45) is 9.24. The Balaban J connectivity index is 1.49. The molecule has 0 bridgehead atoms. The molecule has 2 unspecified atom stereocenters. The highest BCUT2D eigenvalue weighted by atomic mass is 16.5. The molecule has 3 heterocycles. The predicted molar refractivity (Wildman–Crippen MR) is 91.0 cm³/mol. The standard InChI is InChI=1S/C18H23N5O/c1-13-8-20-16(21-9-13)23-10-15-4-3-6-18(15,11-23)12-24-17-19-7-5-14(2)22-17/h5,7-9,15H,3-4,6,10-12H2,1-2H3. The fourth-order valence-electron chi connectivity index (χ4n) is 4.06. The Morgan fingerprint density at radius 1 is 1.25 bits per heavy atom. The SMILES string of the molecule is Cc1cnc(N2CC3CCCC3(COc3nccc(C)n3)C2)nc1. The van der Waals surface area contributed by atoms with E-state index >= 15 is 0 Å². The molecule has 2 fully saturated rings. The highest BCUT2D eigenvalue weighted by Crippen LogP contribution is 2.49. The first-order chi connectivity index (χ1) is 11.6. The summed E-state index contributed by atoms with van der Waals surface area (Å²) in [7, 11) is 0. The van der Waals surface area contributed by atoms with E-state index in [4.69, 9.17) is 4.74 Å². The van der Waals surface area contributed by atoms with Gasteiger partial charge in [0.15, 0.2) is 0 Å². The number of aryl methyl sites for hydroxylation is 2. The van der Waals surface area contributed by atoms with E-state index in [1.807, 2.05) is 32.3 Å². The molecule has 1 saturated carbocycles. The molecular formula is C18H23N5O. The van der Waals surface area contributed by atoms with Crippen molar-refractivity contribution in [2.45, 2.75) is 33.1 Å². The van der Waals surface area contributed by atoms with Crippen molar-refractivity contribution in [3.8, 4) is 6.01 Å². The fraction of sp³-hybridized carbons (Fsp3) is 0.556. The minimum absolute atomic E-state index is 0.168. The van der Waals surface area contributed by atoms with Crippen molar-refractivity contribution in [3.05, 3.63) is 35.9 Å². The lowest BCUT2D eigenvalue weighted by molar-refractivity contribution is 0.130. The van der Waals surface area contributed by atoms with E-state index < -0.39 is 0 Å². The summed E-state index contributed by atoms with van der Waals surface area (Å²) in [5, 5.41) is 0. The van der Waals surface area contributed by atoms with Crippen LogP contribution in [-0.2, 0) is 0 Å². The molecule has 0 N–H and O–H groups in total. The fourth-order valence-corrected chi connectivity index (χ4v) is 4.06. The van der Waals surface area contributed by atoms with Gasteiger partial charge in [-0.05, 0) is 44.2 Å². The third-order valence-electron chi connectivity index (χ3n) is 5.35. The van der Waals surface area contributed by atoms with Gasteiger partial charge in [-0.1, -0.05) is 6.42 Å². The van der Waals surface area contributed by atoms with Crippen molar-refractivity contribution in [1.82, 2.24) is 19.9 Å². The minimum atomic E-state index is 0.168. The Morgan fingerprint density at radius 2 is 2.08 bits per heavy atom. The molecule has 4 rings (SSSR count). The number of nitrogens with zero attached hydrogens (tertiary/aromatic N) is 5. The Kier molecular flexibility index (Phi) is 3.82. The molecule has 2 atom stereocenters. The van der Waals surface area contributed by atoms with Crippen molar-refractivity contribution in [2.24, 2.45) is 11.3 Å². The number of hydrogen-bond acceptors (Lipinski definition) is 6. The molecule has 0 amide bonds. The van der Waals surface area contributed by atoms with Crippen molar-refractivity contribution in [1.29, 1.82) is 0 Å². The molecule has 2 aliphatic rings. The average Bonchev–Trinajstić information content (AvgIpc) is 3.11. The number of hydrogen-bond donors (Lipinski definition) is 0. The minimum Gasteiger partial charge on any atom is -0.463 e. The zero-order chi connectivity index (χ0) is 16.6. The summed E-state index contributed by atoms with van der Waals surface area (Å²) >= 11 is 0. The third kappa shape index (κ3) is 2.81. The van der Waals surface area contributed by atoms with E-state index in [1.165, 1.54) is 19.3 Å². The van der Waals surface area contributed by atoms with Gasteiger partial charge in [-0.15, -0.1) is 0 Å². The van der Waals surface area contributed by atoms with Crippen molar-refractivity contribution >= 4 is 5.95 Å². The molecule has 0 aromatic carbocycles. The number of ether oxygens (including phenoxy) is 1. The van der Waals surface area contributed by atoms with Gasteiger partial charge in [-0.2, -0.15) is 0 Å². The molecule has 0 radical (unpaired) electrons. The molecule has 2 aromatic rings. The highest BCUT2D eigenvalue weighted by Gasteiger charge is 2.50. The summed E-state index contributed by atoms with van der Waals surface area (Å²) in [5.74, 6) is 1.47. The molecule has 1 aliphatic heterocycles. The lowest BCUT2D eigenvalue weighted by Gasteiger charge is -2.28. The molecule has 126 valence electrons. The Morgan fingerprint density at radius 3 is 2.88 bits per heavy atom. The first kappa shape index (κ1) is 15.3. The number of aromatic nitrogens is 4. The van der Waals surface area contributed by atoms with Gasteiger partial charge in [0.25, 0.3) is 0 Å². The van der Waals surface area contributed by atoms with Gasteiger partial charge in [0.2, 0.25) is 5.95 Å². The molecular weight excluding hydrogens is 302 g/mol. The number of anilines is 1.